The summed E-state index contributed by atoms with van der Waals surface area (Å²) in [5.41, 5.74) is 0.946. The number of fused-ring (bicyclic) bond motifs is 1. The molecule has 4 heterocycles. The van der Waals surface area contributed by atoms with Gasteiger partial charge >= 0.3 is 0 Å². The minimum Gasteiger partial charge on any atom is -0.394 e. The molecule has 0 amide bonds. The number of imidazole rings is 2. The highest BCUT2D eigenvalue weighted by Crippen LogP contribution is 2.31. The van der Waals surface area contributed by atoms with Gasteiger partial charge in [0.05, 0.1) is 12.9 Å². The molecular weight excluding hydrogens is 304 g/mol. The third-order valence-electron chi connectivity index (χ3n) is 3.88. The molecule has 0 spiro atoms. The molecule has 0 aliphatic carbocycles. The van der Waals surface area contributed by atoms with E-state index < -0.39 is 31.1 Å². The van der Waals surface area contributed by atoms with E-state index in [4.69, 9.17) is 4.74 Å². The Morgan fingerprint density at radius 3 is 2.70 bits per heavy atom. The molecule has 4 atom stereocenters. The maximum Gasteiger partial charge on any atom is 0.169 e. The number of nitrogens with zero attached hydrogens (tertiary/aromatic N) is 6. The Bertz CT molecular complexity index is 819. The Morgan fingerprint density at radius 1 is 1.13 bits per heavy atom. The van der Waals surface area contributed by atoms with Crippen molar-refractivity contribution >= 4 is 11.2 Å². The van der Waals surface area contributed by atoms with Crippen molar-refractivity contribution in [3.8, 4) is 5.82 Å². The number of aromatic nitrogens is 6. The maximum atomic E-state index is 10.2. The van der Waals surface area contributed by atoms with Crippen LogP contribution < -0.4 is 0 Å². The highest BCUT2D eigenvalue weighted by Gasteiger charge is 2.44. The van der Waals surface area contributed by atoms with Crippen LogP contribution in [0.5, 0.6) is 0 Å². The summed E-state index contributed by atoms with van der Waals surface area (Å²) in [5, 5.41) is 29.2. The lowest BCUT2D eigenvalue weighted by atomic mass is 10.1. The van der Waals surface area contributed by atoms with Gasteiger partial charge in [0, 0.05) is 12.4 Å². The minimum atomic E-state index is -1.20. The van der Waals surface area contributed by atoms with Gasteiger partial charge in [-0.2, -0.15) is 0 Å². The van der Waals surface area contributed by atoms with Crippen molar-refractivity contribution in [2.24, 2.45) is 0 Å². The van der Waals surface area contributed by atoms with Crippen LogP contribution in [-0.2, 0) is 4.74 Å². The molecule has 23 heavy (non-hydrogen) atoms. The maximum absolute atomic E-state index is 10.2. The minimum absolute atomic E-state index is 0.392. The molecule has 3 aromatic heterocycles. The fourth-order valence-electron chi connectivity index (χ4n) is 2.71. The van der Waals surface area contributed by atoms with Crippen molar-refractivity contribution in [1.82, 2.24) is 29.1 Å². The van der Waals surface area contributed by atoms with Gasteiger partial charge < -0.3 is 20.1 Å². The Labute approximate surface area is 129 Å². The van der Waals surface area contributed by atoms with Crippen LogP contribution in [0.1, 0.15) is 6.23 Å². The molecule has 3 N–H and O–H groups in total. The third kappa shape index (κ3) is 2.11. The van der Waals surface area contributed by atoms with E-state index in [-0.39, 0.29) is 0 Å². The van der Waals surface area contributed by atoms with Crippen LogP contribution in [0.15, 0.2) is 31.4 Å². The highest BCUT2D eigenvalue weighted by atomic mass is 16.6. The number of aliphatic hydroxyl groups is 3. The van der Waals surface area contributed by atoms with Gasteiger partial charge in [-0.05, 0) is 0 Å². The van der Waals surface area contributed by atoms with Gasteiger partial charge in [-0.1, -0.05) is 0 Å². The van der Waals surface area contributed by atoms with Crippen molar-refractivity contribution in [3.63, 3.8) is 0 Å². The van der Waals surface area contributed by atoms with Crippen LogP contribution in [0.25, 0.3) is 17.0 Å². The average molecular weight is 318 g/mol. The van der Waals surface area contributed by atoms with Crippen LogP contribution in [0.2, 0.25) is 0 Å². The predicted octanol–water partition coefficient (Wildman–Crippen LogP) is -1.38. The van der Waals surface area contributed by atoms with E-state index in [1.807, 2.05) is 0 Å². The van der Waals surface area contributed by atoms with Crippen molar-refractivity contribution in [2.45, 2.75) is 24.5 Å². The van der Waals surface area contributed by atoms with E-state index in [1.165, 1.54) is 17.2 Å². The molecule has 1 aliphatic heterocycles. The standard InChI is InChI=1S/C13H14N6O4/c20-3-7-9(21)10(22)13(23-7)19-6-17-8-11(15-4-16-12(8)19)18-2-1-14-5-18/h1-2,4-7,9-10,13,20-22H,3H2/t7-,9-,10-,13-/m1/s1. The molecule has 1 fully saturated rings. The number of hydrogen-bond donors (Lipinski definition) is 3. The van der Waals surface area contributed by atoms with Crippen LogP contribution in [0, 0.1) is 0 Å². The molecule has 120 valence electrons. The lowest BCUT2D eigenvalue weighted by Crippen LogP contribution is -2.33. The van der Waals surface area contributed by atoms with E-state index in [9.17, 15) is 15.3 Å². The number of aliphatic hydroxyl groups excluding tert-OH is 3. The fourth-order valence-corrected chi connectivity index (χ4v) is 2.71. The molecule has 0 saturated carbocycles. The first-order chi connectivity index (χ1) is 11.2. The summed E-state index contributed by atoms with van der Waals surface area (Å²) < 4.78 is 8.72. The molecule has 10 nitrogen and oxygen atoms in total. The molecule has 1 aliphatic rings. The molecule has 10 heteroatoms. The Balaban J connectivity index is 1.80. The van der Waals surface area contributed by atoms with Crippen LogP contribution in [0.3, 0.4) is 0 Å². The second-order valence-corrected chi connectivity index (χ2v) is 5.22. The van der Waals surface area contributed by atoms with Crippen molar-refractivity contribution < 1.29 is 20.1 Å². The van der Waals surface area contributed by atoms with E-state index >= 15 is 0 Å². The summed E-state index contributed by atoms with van der Waals surface area (Å²) in [6, 6.07) is 0. The smallest absolute Gasteiger partial charge is 0.169 e. The second kappa shape index (κ2) is 5.35. The fraction of sp³-hybridized carbons (Fsp3) is 0.385. The molecule has 3 aromatic rings. The summed E-state index contributed by atoms with van der Waals surface area (Å²) in [5.74, 6) is 0.540. The highest BCUT2D eigenvalue weighted by molar-refractivity contribution is 5.78. The van der Waals surface area contributed by atoms with Gasteiger partial charge in [0.15, 0.2) is 23.2 Å². The Hall–Kier alpha value is -2.40. The zero-order valence-electron chi connectivity index (χ0n) is 11.8. The second-order valence-electron chi connectivity index (χ2n) is 5.22. The first kappa shape index (κ1) is 14.2. The van der Waals surface area contributed by atoms with Gasteiger partial charge in [0.1, 0.15) is 31.0 Å². The van der Waals surface area contributed by atoms with Crippen molar-refractivity contribution in [2.75, 3.05) is 6.61 Å². The van der Waals surface area contributed by atoms with Gasteiger partial charge in [-0.3, -0.25) is 9.13 Å². The molecule has 1 saturated heterocycles. The van der Waals surface area contributed by atoms with E-state index in [2.05, 4.69) is 19.9 Å². The summed E-state index contributed by atoms with van der Waals surface area (Å²) in [6.07, 6.45) is 3.64. The molecule has 0 bridgehead atoms. The molecule has 4 rings (SSSR count). The molecule has 0 radical (unpaired) electrons. The molecule has 0 aromatic carbocycles. The summed E-state index contributed by atoms with van der Waals surface area (Å²) in [7, 11) is 0. The number of ether oxygens (including phenoxy) is 1. The SMILES string of the molecule is OC[C@H]1O[C@@H](n2cnc3c(-n4ccnc4)ncnc32)[C@H](O)[C@@H]1O. The lowest BCUT2D eigenvalue weighted by molar-refractivity contribution is -0.0511. The zero-order chi connectivity index (χ0) is 16.0. The normalized spacial score (nSPS) is 27.8. The van der Waals surface area contributed by atoms with Gasteiger partial charge in [0.2, 0.25) is 0 Å². The van der Waals surface area contributed by atoms with Gasteiger partial charge in [-0.25, -0.2) is 19.9 Å². The molecular formula is C13H14N6O4. The lowest BCUT2D eigenvalue weighted by Gasteiger charge is -2.16. The molecule has 0 unspecified atom stereocenters. The predicted molar refractivity (Wildman–Crippen MR) is 75.5 cm³/mol. The van der Waals surface area contributed by atoms with E-state index in [0.717, 1.165) is 0 Å². The first-order valence-electron chi connectivity index (χ1n) is 6.99. The Kier molecular flexibility index (Phi) is 3.31. The van der Waals surface area contributed by atoms with Crippen LogP contribution >= 0.6 is 0 Å². The summed E-state index contributed by atoms with van der Waals surface area (Å²) in [4.78, 5) is 16.6. The van der Waals surface area contributed by atoms with Crippen LogP contribution in [-0.4, -0.2) is 69.3 Å². The first-order valence-corrected chi connectivity index (χ1v) is 6.99. The number of hydrogen-bond acceptors (Lipinski definition) is 8. The van der Waals surface area contributed by atoms with Crippen LogP contribution in [0.4, 0.5) is 0 Å². The van der Waals surface area contributed by atoms with Gasteiger partial charge in [-0.15, -0.1) is 0 Å². The largest absolute Gasteiger partial charge is 0.394 e. The van der Waals surface area contributed by atoms with Gasteiger partial charge in [0.25, 0.3) is 0 Å². The topological polar surface area (TPSA) is 131 Å². The Morgan fingerprint density at radius 2 is 2.00 bits per heavy atom. The monoisotopic (exact) mass is 318 g/mol. The van der Waals surface area contributed by atoms with Crippen molar-refractivity contribution in [3.05, 3.63) is 31.4 Å². The van der Waals surface area contributed by atoms with Crippen molar-refractivity contribution in [1.29, 1.82) is 0 Å². The summed E-state index contributed by atoms with van der Waals surface area (Å²) in [6.45, 7) is -0.392. The average Bonchev–Trinajstić information content (AvgIpc) is 3.28. The number of rotatable bonds is 3. The van der Waals surface area contributed by atoms with E-state index in [1.54, 1.807) is 23.3 Å². The zero-order valence-corrected chi connectivity index (χ0v) is 11.8. The van der Waals surface area contributed by atoms with E-state index in [0.29, 0.717) is 17.0 Å². The quantitative estimate of drug-likeness (QED) is 0.538. The third-order valence-corrected chi connectivity index (χ3v) is 3.88. The summed E-state index contributed by atoms with van der Waals surface area (Å²) >= 11 is 0.